The number of para-hydroxylation sites is 1. The SMILES string of the molecule is O=C(COc1ccccc1S(=O)(=O)N1CCNCC1)NCC(O)CN1CCc2ccccc2C1. The number of nitrogens with zero attached hydrogens (tertiary/aromatic N) is 2. The van der Waals surface area contributed by atoms with Crippen molar-refractivity contribution in [1.82, 2.24) is 19.8 Å². The van der Waals surface area contributed by atoms with Crippen LogP contribution >= 0.6 is 0 Å². The molecule has 2 heterocycles. The molecular formula is C24H32N4O5S. The van der Waals surface area contributed by atoms with Gasteiger partial charge in [-0.25, -0.2) is 8.42 Å². The van der Waals surface area contributed by atoms with E-state index in [1.165, 1.54) is 21.5 Å². The molecule has 34 heavy (non-hydrogen) atoms. The van der Waals surface area contributed by atoms with E-state index < -0.39 is 22.0 Å². The van der Waals surface area contributed by atoms with Crippen molar-refractivity contribution >= 4 is 15.9 Å². The number of rotatable bonds is 9. The van der Waals surface area contributed by atoms with E-state index in [1.54, 1.807) is 18.2 Å². The van der Waals surface area contributed by atoms with E-state index in [2.05, 4.69) is 27.7 Å². The number of benzene rings is 2. The average Bonchev–Trinajstić information content (AvgIpc) is 2.87. The second-order valence-corrected chi connectivity index (χ2v) is 10.5. The summed E-state index contributed by atoms with van der Waals surface area (Å²) in [6, 6.07) is 14.6. The van der Waals surface area contributed by atoms with E-state index in [1.807, 2.05) is 12.1 Å². The summed E-state index contributed by atoms with van der Waals surface area (Å²) >= 11 is 0. The van der Waals surface area contributed by atoms with E-state index in [9.17, 15) is 18.3 Å². The van der Waals surface area contributed by atoms with Gasteiger partial charge in [-0.15, -0.1) is 0 Å². The molecule has 9 nitrogen and oxygen atoms in total. The maximum absolute atomic E-state index is 13.0. The summed E-state index contributed by atoms with van der Waals surface area (Å²) < 4.78 is 33.0. The number of carbonyl (C=O) groups is 1. The van der Waals surface area contributed by atoms with Crippen molar-refractivity contribution in [2.45, 2.75) is 24.0 Å². The Bertz CT molecular complexity index is 1090. The van der Waals surface area contributed by atoms with Gasteiger partial charge in [-0.1, -0.05) is 36.4 Å². The van der Waals surface area contributed by atoms with Crippen LogP contribution in [0.3, 0.4) is 0 Å². The van der Waals surface area contributed by atoms with Crippen LogP contribution in [0.2, 0.25) is 0 Å². The lowest BCUT2D eigenvalue weighted by Gasteiger charge is -2.30. The van der Waals surface area contributed by atoms with Crippen LogP contribution < -0.4 is 15.4 Å². The third-order valence-electron chi connectivity index (χ3n) is 6.12. The smallest absolute Gasteiger partial charge is 0.258 e. The van der Waals surface area contributed by atoms with Crippen molar-refractivity contribution < 1.29 is 23.1 Å². The van der Waals surface area contributed by atoms with Gasteiger partial charge >= 0.3 is 0 Å². The van der Waals surface area contributed by atoms with E-state index in [0.717, 1.165) is 19.5 Å². The molecule has 0 aliphatic carbocycles. The maximum atomic E-state index is 13.0. The van der Waals surface area contributed by atoms with Gasteiger partial charge in [0.2, 0.25) is 10.0 Å². The summed E-state index contributed by atoms with van der Waals surface area (Å²) in [6.07, 6.45) is 0.230. The molecule has 1 unspecified atom stereocenters. The Kier molecular flexibility index (Phi) is 8.17. The topological polar surface area (TPSA) is 111 Å². The number of hydrogen-bond donors (Lipinski definition) is 3. The maximum Gasteiger partial charge on any atom is 0.258 e. The van der Waals surface area contributed by atoms with Crippen molar-refractivity contribution in [2.75, 3.05) is 52.4 Å². The van der Waals surface area contributed by atoms with Gasteiger partial charge in [-0.3, -0.25) is 9.69 Å². The largest absolute Gasteiger partial charge is 0.482 e. The van der Waals surface area contributed by atoms with Crippen LogP contribution in [0, 0.1) is 0 Å². The molecule has 0 spiro atoms. The van der Waals surface area contributed by atoms with E-state index in [0.29, 0.717) is 32.7 Å². The van der Waals surface area contributed by atoms with Gasteiger partial charge in [-0.05, 0) is 29.7 Å². The fourth-order valence-electron chi connectivity index (χ4n) is 4.30. The zero-order valence-electron chi connectivity index (χ0n) is 19.2. The molecule has 1 atom stereocenters. The number of piperazine rings is 1. The van der Waals surface area contributed by atoms with Gasteiger partial charge in [0.1, 0.15) is 10.6 Å². The van der Waals surface area contributed by atoms with Crippen molar-refractivity contribution in [2.24, 2.45) is 0 Å². The van der Waals surface area contributed by atoms with Crippen LogP contribution in [0.5, 0.6) is 5.75 Å². The third kappa shape index (κ3) is 6.13. The molecule has 2 aromatic rings. The Balaban J connectivity index is 1.25. The number of sulfonamides is 1. The molecule has 0 radical (unpaired) electrons. The normalized spacial score (nSPS) is 18.1. The lowest BCUT2D eigenvalue weighted by molar-refractivity contribution is -0.123. The predicted molar refractivity (Wildman–Crippen MR) is 128 cm³/mol. The van der Waals surface area contributed by atoms with Gasteiger partial charge in [0.25, 0.3) is 5.91 Å². The molecule has 0 aromatic heterocycles. The standard InChI is InChI=1S/C24H32N4O5S/c29-21(17-27-12-9-19-5-1-2-6-20(19)16-27)15-26-24(30)18-33-22-7-3-4-8-23(22)34(31,32)28-13-10-25-11-14-28/h1-8,21,25,29H,9-18H2,(H,26,30). The minimum atomic E-state index is -3.71. The second kappa shape index (κ2) is 11.3. The van der Waals surface area contributed by atoms with Crippen LogP contribution in [0.1, 0.15) is 11.1 Å². The molecule has 2 aromatic carbocycles. The summed E-state index contributed by atoms with van der Waals surface area (Å²) in [5, 5.41) is 16.2. The summed E-state index contributed by atoms with van der Waals surface area (Å²) in [5.74, 6) is -0.277. The number of aliphatic hydroxyl groups excluding tert-OH is 1. The number of fused-ring (bicyclic) bond motifs is 1. The molecule has 1 amide bonds. The Hall–Kier alpha value is -2.50. The Labute approximate surface area is 200 Å². The highest BCUT2D eigenvalue weighted by molar-refractivity contribution is 7.89. The first-order valence-corrected chi connectivity index (χ1v) is 13.0. The molecule has 3 N–H and O–H groups in total. The van der Waals surface area contributed by atoms with Crippen molar-refractivity contribution in [1.29, 1.82) is 0 Å². The minimum absolute atomic E-state index is 0.0510. The van der Waals surface area contributed by atoms with E-state index in [4.69, 9.17) is 4.74 Å². The molecule has 1 saturated heterocycles. The van der Waals surface area contributed by atoms with Crippen LogP contribution in [0.4, 0.5) is 0 Å². The van der Waals surface area contributed by atoms with Gasteiger partial charge in [0, 0.05) is 52.4 Å². The second-order valence-electron chi connectivity index (χ2n) is 8.60. The fraction of sp³-hybridized carbons (Fsp3) is 0.458. The average molecular weight is 489 g/mol. The number of aliphatic hydroxyl groups is 1. The Morgan fingerprint density at radius 2 is 1.76 bits per heavy atom. The molecule has 2 aliphatic rings. The zero-order chi connectivity index (χ0) is 24.0. The highest BCUT2D eigenvalue weighted by Crippen LogP contribution is 2.26. The van der Waals surface area contributed by atoms with Crippen molar-refractivity contribution in [3.05, 3.63) is 59.7 Å². The van der Waals surface area contributed by atoms with Crippen LogP contribution in [0.15, 0.2) is 53.4 Å². The molecule has 0 bridgehead atoms. The molecule has 2 aliphatic heterocycles. The van der Waals surface area contributed by atoms with Gasteiger partial charge in [0.05, 0.1) is 6.10 Å². The van der Waals surface area contributed by atoms with Crippen molar-refractivity contribution in [3.63, 3.8) is 0 Å². The Morgan fingerprint density at radius 3 is 2.56 bits per heavy atom. The van der Waals surface area contributed by atoms with Crippen LogP contribution in [-0.4, -0.2) is 87.2 Å². The van der Waals surface area contributed by atoms with Gasteiger partial charge < -0.3 is 20.5 Å². The quantitative estimate of drug-likeness (QED) is 0.462. The molecule has 0 saturated carbocycles. The summed E-state index contributed by atoms with van der Waals surface area (Å²) in [4.78, 5) is 14.5. The van der Waals surface area contributed by atoms with E-state index in [-0.39, 0.29) is 23.8 Å². The molecular weight excluding hydrogens is 456 g/mol. The highest BCUT2D eigenvalue weighted by atomic mass is 32.2. The van der Waals surface area contributed by atoms with Crippen LogP contribution in [-0.2, 0) is 27.8 Å². The summed E-state index contributed by atoms with van der Waals surface area (Å²) in [5.41, 5.74) is 2.62. The summed E-state index contributed by atoms with van der Waals surface area (Å²) in [7, 11) is -3.71. The Morgan fingerprint density at radius 1 is 1.06 bits per heavy atom. The first-order chi connectivity index (χ1) is 16.4. The molecule has 1 fully saturated rings. The lowest BCUT2D eigenvalue weighted by Crippen LogP contribution is -2.46. The molecule has 184 valence electrons. The number of carbonyl (C=O) groups excluding carboxylic acids is 1. The van der Waals surface area contributed by atoms with Gasteiger partial charge in [-0.2, -0.15) is 4.31 Å². The first kappa shape index (κ1) is 24.6. The lowest BCUT2D eigenvalue weighted by atomic mass is 10.00. The number of hydrogen-bond acceptors (Lipinski definition) is 7. The summed E-state index contributed by atoms with van der Waals surface area (Å²) in [6.45, 7) is 3.83. The van der Waals surface area contributed by atoms with Crippen LogP contribution in [0.25, 0.3) is 0 Å². The highest BCUT2D eigenvalue weighted by Gasteiger charge is 2.29. The first-order valence-electron chi connectivity index (χ1n) is 11.6. The van der Waals surface area contributed by atoms with Gasteiger partial charge in [0.15, 0.2) is 6.61 Å². The predicted octanol–water partition coefficient (Wildman–Crippen LogP) is 0.195. The minimum Gasteiger partial charge on any atom is -0.482 e. The number of ether oxygens (including phenoxy) is 1. The van der Waals surface area contributed by atoms with E-state index >= 15 is 0 Å². The molecule has 10 heteroatoms. The zero-order valence-corrected chi connectivity index (χ0v) is 20.0. The molecule has 4 rings (SSSR count). The fourth-order valence-corrected chi connectivity index (χ4v) is 5.88. The number of amides is 1. The monoisotopic (exact) mass is 488 g/mol. The number of β-amino-alcohol motifs (C(OH)–C–C–N with tert-alkyl or cyclic N) is 1. The van der Waals surface area contributed by atoms with Crippen molar-refractivity contribution in [3.8, 4) is 5.75 Å². The number of nitrogens with one attached hydrogen (secondary N) is 2. The third-order valence-corrected chi connectivity index (χ3v) is 8.05.